The number of nitrogens with one attached hydrogen (secondary N) is 1. The Bertz CT molecular complexity index is 960. The first-order valence-electron chi connectivity index (χ1n) is 9.41. The number of hydrogen-bond acceptors (Lipinski definition) is 5. The summed E-state index contributed by atoms with van der Waals surface area (Å²) >= 11 is 7.25. The van der Waals surface area contributed by atoms with Crippen LogP contribution in [0.15, 0.2) is 53.7 Å². The zero-order valence-electron chi connectivity index (χ0n) is 16.4. The lowest BCUT2D eigenvalue weighted by molar-refractivity contribution is -0.113. The molecule has 0 spiro atoms. The molecule has 1 heterocycles. The van der Waals surface area contributed by atoms with Crippen LogP contribution in [-0.4, -0.2) is 26.4 Å². The monoisotopic (exact) mass is 430 g/mol. The van der Waals surface area contributed by atoms with E-state index in [1.165, 1.54) is 11.8 Å². The van der Waals surface area contributed by atoms with Gasteiger partial charge in [-0.1, -0.05) is 48.5 Å². The molecule has 0 bridgehead atoms. The molecular weight excluding hydrogens is 408 g/mol. The van der Waals surface area contributed by atoms with Crippen molar-refractivity contribution in [2.24, 2.45) is 0 Å². The summed E-state index contributed by atoms with van der Waals surface area (Å²) in [7, 11) is 0. The standard InChI is InChI=1S/C21H23ClN4O2S/c1-3-15-7-5-6-8-18(15)23-20(27)14-29-21-25-24-19(26(21)4-2)13-28-17-11-9-16(22)10-12-17/h5-12H,3-4,13-14H2,1-2H3,(H,23,27). The Labute approximate surface area is 179 Å². The number of ether oxygens (including phenoxy) is 1. The predicted octanol–water partition coefficient (Wildman–Crippen LogP) is 4.82. The van der Waals surface area contributed by atoms with Crippen molar-refractivity contribution in [3.05, 3.63) is 64.9 Å². The number of rotatable bonds is 9. The Balaban J connectivity index is 1.58. The molecular formula is C21H23ClN4O2S. The third kappa shape index (κ3) is 5.74. The van der Waals surface area contributed by atoms with Crippen LogP contribution in [0.25, 0.3) is 0 Å². The lowest BCUT2D eigenvalue weighted by atomic mass is 10.1. The maximum atomic E-state index is 12.4. The van der Waals surface area contributed by atoms with Crippen molar-refractivity contribution in [3.8, 4) is 5.75 Å². The van der Waals surface area contributed by atoms with Gasteiger partial charge in [0.05, 0.1) is 5.75 Å². The van der Waals surface area contributed by atoms with Gasteiger partial charge in [0, 0.05) is 17.3 Å². The quantitative estimate of drug-likeness (QED) is 0.492. The van der Waals surface area contributed by atoms with E-state index in [0.29, 0.717) is 34.9 Å². The summed E-state index contributed by atoms with van der Waals surface area (Å²) in [6, 6.07) is 15.0. The minimum Gasteiger partial charge on any atom is -0.486 e. The zero-order chi connectivity index (χ0) is 20.6. The number of carbonyl (C=O) groups is 1. The van der Waals surface area contributed by atoms with Crippen molar-refractivity contribution in [2.45, 2.75) is 38.6 Å². The highest BCUT2D eigenvalue weighted by molar-refractivity contribution is 7.99. The van der Waals surface area contributed by atoms with Crippen molar-refractivity contribution in [1.29, 1.82) is 0 Å². The van der Waals surface area contributed by atoms with Crippen LogP contribution in [0.3, 0.4) is 0 Å². The molecule has 152 valence electrons. The zero-order valence-corrected chi connectivity index (χ0v) is 18.0. The molecule has 0 radical (unpaired) electrons. The van der Waals surface area contributed by atoms with Crippen molar-refractivity contribution < 1.29 is 9.53 Å². The molecule has 3 rings (SSSR count). The number of hydrogen-bond donors (Lipinski definition) is 1. The highest BCUT2D eigenvalue weighted by atomic mass is 35.5. The lowest BCUT2D eigenvalue weighted by Gasteiger charge is -2.10. The number of aryl methyl sites for hydroxylation is 1. The van der Waals surface area contributed by atoms with Gasteiger partial charge in [-0.25, -0.2) is 0 Å². The summed E-state index contributed by atoms with van der Waals surface area (Å²) in [6.45, 7) is 5.06. The van der Waals surface area contributed by atoms with Crippen LogP contribution >= 0.6 is 23.4 Å². The molecule has 0 saturated heterocycles. The SMILES string of the molecule is CCc1ccccc1NC(=O)CSc1nnc(COc2ccc(Cl)cc2)n1CC. The molecule has 0 saturated carbocycles. The van der Waals surface area contributed by atoms with Crippen LogP contribution < -0.4 is 10.1 Å². The molecule has 1 N–H and O–H groups in total. The number of halogens is 1. The van der Waals surface area contributed by atoms with Gasteiger partial charge in [0.2, 0.25) is 5.91 Å². The Morgan fingerprint density at radius 1 is 1.14 bits per heavy atom. The molecule has 0 aliphatic heterocycles. The molecule has 0 aliphatic carbocycles. The Morgan fingerprint density at radius 3 is 2.62 bits per heavy atom. The number of thioether (sulfide) groups is 1. The molecule has 3 aromatic rings. The average molecular weight is 431 g/mol. The number of nitrogens with zero attached hydrogens (tertiary/aromatic N) is 3. The van der Waals surface area contributed by atoms with Crippen molar-refractivity contribution in [2.75, 3.05) is 11.1 Å². The summed E-state index contributed by atoms with van der Waals surface area (Å²) in [5, 5.41) is 12.8. The summed E-state index contributed by atoms with van der Waals surface area (Å²) in [5.74, 6) is 1.61. The first kappa shape index (κ1) is 21.2. The van der Waals surface area contributed by atoms with E-state index >= 15 is 0 Å². The van der Waals surface area contributed by atoms with Gasteiger partial charge in [-0.05, 0) is 49.2 Å². The van der Waals surface area contributed by atoms with E-state index in [2.05, 4.69) is 22.4 Å². The second-order valence-electron chi connectivity index (χ2n) is 6.23. The van der Waals surface area contributed by atoms with Gasteiger partial charge in [0.1, 0.15) is 12.4 Å². The average Bonchev–Trinajstić information content (AvgIpc) is 3.14. The Kier molecular flexibility index (Phi) is 7.55. The van der Waals surface area contributed by atoms with Gasteiger partial charge >= 0.3 is 0 Å². The van der Waals surface area contributed by atoms with Gasteiger partial charge in [0.25, 0.3) is 0 Å². The maximum absolute atomic E-state index is 12.4. The molecule has 0 unspecified atom stereocenters. The van der Waals surface area contributed by atoms with Crippen LogP contribution in [0.4, 0.5) is 5.69 Å². The third-order valence-corrected chi connectivity index (χ3v) is 5.51. The van der Waals surface area contributed by atoms with E-state index in [1.807, 2.05) is 47.9 Å². The molecule has 8 heteroatoms. The van der Waals surface area contributed by atoms with Crippen LogP contribution in [0, 0.1) is 0 Å². The number of amides is 1. The van der Waals surface area contributed by atoms with Crippen molar-refractivity contribution in [1.82, 2.24) is 14.8 Å². The normalized spacial score (nSPS) is 10.7. The number of anilines is 1. The molecule has 6 nitrogen and oxygen atoms in total. The van der Waals surface area contributed by atoms with Crippen LogP contribution in [0.5, 0.6) is 5.75 Å². The molecule has 1 amide bonds. The van der Waals surface area contributed by atoms with Gasteiger partial charge in [-0.15, -0.1) is 10.2 Å². The minimum atomic E-state index is -0.0690. The van der Waals surface area contributed by atoms with Crippen LogP contribution in [0.2, 0.25) is 5.02 Å². The van der Waals surface area contributed by atoms with Crippen molar-refractivity contribution >= 4 is 35.0 Å². The van der Waals surface area contributed by atoms with E-state index in [1.54, 1.807) is 12.1 Å². The number of para-hydroxylation sites is 1. The largest absolute Gasteiger partial charge is 0.486 e. The van der Waals surface area contributed by atoms with Crippen LogP contribution in [0.1, 0.15) is 25.2 Å². The highest BCUT2D eigenvalue weighted by Crippen LogP contribution is 2.21. The summed E-state index contributed by atoms with van der Waals surface area (Å²) in [4.78, 5) is 12.4. The predicted molar refractivity (Wildman–Crippen MR) is 117 cm³/mol. The fourth-order valence-corrected chi connectivity index (χ4v) is 3.74. The summed E-state index contributed by atoms with van der Waals surface area (Å²) in [6.07, 6.45) is 0.866. The van der Waals surface area contributed by atoms with Crippen LogP contribution in [-0.2, 0) is 24.4 Å². The van der Waals surface area contributed by atoms with Gasteiger partial charge < -0.3 is 14.6 Å². The number of aromatic nitrogens is 3. The minimum absolute atomic E-state index is 0.0690. The van der Waals surface area contributed by atoms with Gasteiger partial charge in [-0.2, -0.15) is 0 Å². The Hall–Kier alpha value is -2.51. The second kappa shape index (κ2) is 10.3. The molecule has 0 atom stereocenters. The fraction of sp³-hybridized carbons (Fsp3) is 0.286. The summed E-state index contributed by atoms with van der Waals surface area (Å²) in [5.41, 5.74) is 1.97. The third-order valence-electron chi connectivity index (χ3n) is 4.30. The summed E-state index contributed by atoms with van der Waals surface area (Å²) < 4.78 is 7.71. The number of carbonyl (C=O) groups excluding carboxylic acids is 1. The molecule has 1 aromatic heterocycles. The van der Waals surface area contributed by atoms with E-state index < -0.39 is 0 Å². The topological polar surface area (TPSA) is 69.0 Å². The maximum Gasteiger partial charge on any atom is 0.234 e. The first-order valence-corrected chi connectivity index (χ1v) is 10.8. The fourth-order valence-electron chi connectivity index (χ4n) is 2.80. The van der Waals surface area contributed by atoms with Gasteiger partial charge in [0.15, 0.2) is 11.0 Å². The first-order chi connectivity index (χ1) is 14.1. The molecule has 2 aromatic carbocycles. The van der Waals surface area contributed by atoms with E-state index in [0.717, 1.165) is 17.7 Å². The molecule has 29 heavy (non-hydrogen) atoms. The molecule has 0 aliphatic rings. The molecule has 0 fully saturated rings. The van der Waals surface area contributed by atoms with E-state index in [9.17, 15) is 4.79 Å². The highest BCUT2D eigenvalue weighted by Gasteiger charge is 2.14. The van der Waals surface area contributed by atoms with E-state index in [4.69, 9.17) is 16.3 Å². The Morgan fingerprint density at radius 2 is 1.90 bits per heavy atom. The second-order valence-corrected chi connectivity index (χ2v) is 7.61. The van der Waals surface area contributed by atoms with E-state index in [-0.39, 0.29) is 11.7 Å². The lowest BCUT2D eigenvalue weighted by Crippen LogP contribution is -2.16. The smallest absolute Gasteiger partial charge is 0.234 e. The number of benzene rings is 2. The van der Waals surface area contributed by atoms with Crippen molar-refractivity contribution in [3.63, 3.8) is 0 Å². The van der Waals surface area contributed by atoms with Gasteiger partial charge in [-0.3, -0.25) is 4.79 Å².